The Balaban J connectivity index is 0.00000363. The Morgan fingerprint density at radius 1 is 1.00 bits per heavy atom. The van der Waals surface area contributed by atoms with Crippen molar-refractivity contribution < 1.29 is 13.2 Å². The summed E-state index contributed by atoms with van der Waals surface area (Å²) in [5.41, 5.74) is 3.92. The predicted molar refractivity (Wildman–Crippen MR) is 133 cm³/mol. The van der Waals surface area contributed by atoms with Crippen molar-refractivity contribution in [2.75, 3.05) is 38.5 Å². The van der Waals surface area contributed by atoms with Gasteiger partial charge >= 0.3 is 0 Å². The lowest BCUT2D eigenvalue weighted by Gasteiger charge is -2.49. The van der Waals surface area contributed by atoms with Gasteiger partial charge in [0, 0.05) is 43.8 Å². The fourth-order valence-corrected chi connectivity index (χ4v) is 7.01. The third kappa shape index (κ3) is 6.04. The zero-order valence-electron chi connectivity index (χ0n) is 20.1. The number of carbonyl (C=O) groups is 1. The van der Waals surface area contributed by atoms with Gasteiger partial charge in [-0.3, -0.25) is 9.69 Å². The first-order valence-corrected chi connectivity index (χ1v) is 13.4. The van der Waals surface area contributed by atoms with Crippen LogP contribution in [0, 0.1) is 20.8 Å². The molecule has 0 unspecified atom stereocenters. The standard InChI is InChI=1S/C24H39N3O3S.ClH/c1-5-15-31(29,30)27-13-11-26(12-14-27)24(9-7-6-8-10-24)18-25-23(28)22-20(3)16-19(2)17-21(22)4;/h16-17H,5-15,18H2,1-4H3,(H,25,28);1H. The highest BCUT2D eigenvalue weighted by Gasteiger charge is 2.41. The molecule has 0 bridgehead atoms. The Hall–Kier alpha value is -1.15. The van der Waals surface area contributed by atoms with Crippen LogP contribution in [0.25, 0.3) is 0 Å². The van der Waals surface area contributed by atoms with E-state index < -0.39 is 10.0 Å². The van der Waals surface area contributed by atoms with Crippen molar-refractivity contribution in [2.45, 2.75) is 71.8 Å². The van der Waals surface area contributed by atoms with Gasteiger partial charge in [0.25, 0.3) is 5.91 Å². The lowest BCUT2D eigenvalue weighted by atomic mass is 9.79. The summed E-state index contributed by atoms with van der Waals surface area (Å²) in [6.45, 7) is 11.2. The third-order valence-corrected chi connectivity index (χ3v) is 9.11. The number of nitrogens with one attached hydrogen (secondary N) is 1. The molecule has 1 aliphatic heterocycles. The van der Waals surface area contributed by atoms with Gasteiger partial charge in [-0.2, -0.15) is 4.31 Å². The van der Waals surface area contributed by atoms with E-state index in [1.165, 1.54) is 12.0 Å². The smallest absolute Gasteiger partial charge is 0.251 e. The van der Waals surface area contributed by atoms with Crippen LogP contribution in [-0.4, -0.2) is 67.5 Å². The Morgan fingerprint density at radius 2 is 1.56 bits per heavy atom. The van der Waals surface area contributed by atoms with E-state index in [4.69, 9.17) is 0 Å². The van der Waals surface area contributed by atoms with Crippen LogP contribution in [0.3, 0.4) is 0 Å². The van der Waals surface area contributed by atoms with E-state index in [-0.39, 0.29) is 29.6 Å². The fraction of sp³-hybridized carbons (Fsp3) is 0.708. The van der Waals surface area contributed by atoms with E-state index in [2.05, 4.69) is 29.3 Å². The van der Waals surface area contributed by atoms with Crippen LogP contribution >= 0.6 is 12.4 Å². The van der Waals surface area contributed by atoms with Crippen molar-refractivity contribution >= 4 is 28.3 Å². The number of carbonyl (C=O) groups excluding carboxylic acids is 1. The topological polar surface area (TPSA) is 69.7 Å². The molecule has 0 radical (unpaired) electrons. The van der Waals surface area contributed by atoms with Crippen LogP contribution in [0.1, 0.15) is 72.5 Å². The van der Waals surface area contributed by atoms with Gasteiger partial charge in [0.1, 0.15) is 0 Å². The van der Waals surface area contributed by atoms with Gasteiger partial charge in [-0.25, -0.2) is 8.42 Å². The van der Waals surface area contributed by atoms with Gasteiger partial charge in [0.15, 0.2) is 0 Å². The van der Waals surface area contributed by atoms with Crippen molar-refractivity contribution in [3.8, 4) is 0 Å². The molecule has 0 atom stereocenters. The number of nitrogens with zero attached hydrogens (tertiary/aromatic N) is 2. The van der Waals surface area contributed by atoms with E-state index in [9.17, 15) is 13.2 Å². The van der Waals surface area contributed by atoms with Crippen LogP contribution < -0.4 is 5.32 Å². The summed E-state index contributed by atoms with van der Waals surface area (Å²) in [6, 6.07) is 4.13. The first-order chi connectivity index (χ1) is 14.7. The molecular formula is C24H40ClN3O3S. The Morgan fingerprint density at radius 3 is 2.09 bits per heavy atom. The first kappa shape index (κ1) is 27.1. The highest BCUT2D eigenvalue weighted by atomic mass is 35.5. The molecule has 1 N–H and O–H groups in total. The van der Waals surface area contributed by atoms with Gasteiger partial charge in [0.2, 0.25) is 10.0 Å². The Labute approximate surface area is 200 Å². The van der Waals surface area contributed by atoms with E-state index >= 15 is 0 Å². The van der Waals surface area contributed by atoms with E-state index in [1.54, 1.807) is 4.31 Å². The van der Waals surface area contributed by atoms with Crippen molar-refractivity contribution in [3.63, 3.8) is 0 Å². The molecule has 182 valence electrons. The molecule has 1 aliphatic carbocycles. The normalized spacial score (nSPS) is 19.9. The summed E-state index contributed by atoms with van der Waals surface area (Å²) >= 11 is 0. The van der Waals surface area contributed by atoms with Crippen LogP contribution in [-0.2, 0) is 10.0 Å². The minimum absolute atomic E-state index is 0. The SMILES string of the molecule is CCCS(=O)(=O)N1CCN(C2(CNC(=O)c3c(C)cc(C)cc3C)CCCCC2)CC1.Cl. The average molecular weight is 486 g/mol. The maximum atomic E-state index is 13.1. The number of hydrogen-bond donors (Lipinski definition) is 1. The predicted octanol–water partition coefficient (Wildman–Crippen LogP) is 3.82. The quantitative estimate of drug-likeness (QED) is 0.637. The highest BCUT2D eigenvalue weighted by Crippen LogP contribution is 2.34. The lowest BCUT2D eigenvalue weighted by Crippen LogP contribution is -2.62. The zero-order chi connectivity index (χ0) is 22.6. The summed E-state index contributed by atoms with van der Waals surface area (Å²) in [7, 11) is -3.15. The number of hydrogen-bond acceptors (Lipinski definition) is 4. The monoisotopic (exact) mass is 485 g/mol. The molecule has 6 nitrogen and oxygen atoms in total. The van der Waals surface area contributed by atoms with Gasteiger partial charge in [0.05, 0.1) is 5.75 Å². The minimum Gasteiger partial charge on any atom is -0.350 e. The summed E-state index contributed by atoms with van der Waals surface area (Å²) in [4.78, 5) is 15.6. The number of aryl methyl sites for hydroxylation is 3. The van der Waals surface area contributed by atoms with Crippen LogP contribution in [0.4, 0.5) is 0 Å². The lowest BCUT2D eigenvalue weighted by molar-refractivity contribution is 0.0240. The molecule has 1 heterocycles. The average Bonchev–Trinajstić information content (AvgIpc) is 2.72. The molecule has 1 saturated carbocycles. The summed E-state index contributed by atoms with van der Waals surface area (Å²) < 4.78 is 26.6. The van der Waals surface area contributed by atoms with E-state index in [1.807, 2.05) is 20.8 Å². The molecule has 2 aliphatic rings. The second-order valence-electron chi connectivity index (χ2n) is 9.44. The third-order valence-electron chi connectivity index (χ3n) is 7.03. The van der Waals surface area contributed by atoms with E-state index in [0.717, 1.165) is 55.5 Å². The van der Waals surface area contributed by atoms with Crippen molar-refractivity contribution in [3.05, 3.63) is 34.4 Å². The van der Waals surface area contributed by atoms with Crippen molar-refractivity contribution in [1.82, 2.24) is 14.5 Å². The van der Waals surface area contributed by atoms with Crippen molar-refractivity contribution in [1.29, 1.82) is 0 Å². The summed E-state index contributed by atoms with van der Waals surface area (Å²) in [5.74, 6) is 0.229. The van der Waals surface area contributed by atoms with Gasteiger partial charge < -0.3 is 5.32 Å². The second kappa shape index (κ2) is 11.3. The van der Waals surface area contributed by atoms with Crippen LogP contribution in [0.15, 0.2) is 12.1 Å². The number of amides is 1. The maximum absolute atomic E-state index is 13.1. The van der Waals surface area contributed by atoms with E-state index in [0.29, 0.717) is 26.1 Å². The maximum Gasteiger partial charge on any atom is 0.251 e. The second-order valence-corrected chi connectivity index (χ2v) is 11.5. The molecule has 32 heavy (non-hydrogen) atoms. The van der Waals surface area contributed by atoms with Crippen molar-refractivity contribution in [2.24, 2.45) is 0 Å². The number of sulfonamides is 1. The molecule has 0 spiro atoms. The molecule has 1 saturated heterocycles. The molecule has 0 aromatic heterocycles. The fourth-order valence-electron chi connectivity index (χ4n) is 5.51. The number of piperazine rings is 1. The first-order valence-electron chi connectivity index (χ1n) is 11.8. The molecule has 1 aromatic rings. The molecular weight excluding hydrogens is 446 g/mol. The summed E-state index contributed by atoms with van der Waals surface area (Å²) in [5, 5.41) is 3.26. The number of halogens is 1. The molecule has 2 fully saturated rings. The van der Waals surface area contributed by atoms with Crippen LogP contribution in [0.2, 0.25) is 0 Å². The number of benzene rings is 1. The van der Waals surface area contributed by atoms with Gasteiger partial charge in [-0.1, -0.05) is 43.9 Å². The Kier molecular flexibility index (Phi) is 9.58. The highest BCUT2D eigenvalue weighted by molar-refractivity contribution is 7.89. The molecule has 3 rings (SSSR count). The molecule has 1 aromatic carbocycles. The molecule has 8 heteroatoms. The van der Waals surface area contributed by atoms with Gasteiger partial charge in [-0.05, 0) is 51.2 Å². The van der Waals surface area contributed by atoms with Gasteiger partial charge in [-0.15, -0.1) is 12.4 Å². The zero-order valence-corrected chi connectivity index (χ0v) is 21.7. The summed E-state index contributed by atoms with van der Waals surface area (Å²) in [6.07, 6.45) is 6.31. The largest absolute Gasteiger partial charge is 0.350 e. The number of rotatable bonds is 7. The van der Waals surface area contributed by atoms with Crippen LogP contribution in [0.5, 0.6) is 0 Å². The molecule has 1 amide bonds. The minimum atomic E-state index is -3.15. The Bertz CT molecular complexity index is 867.